The second-order valence-electron chi connectivity index (χ2n) is 6.46. The molecule has 1 fully saturated rings. The number of aryl methyl sites for hydroxylation is 1. The Balaban J connectivity index is 1.45. The molecule has 1 saturated heterocycles. The summed E-state index contributed by atoms with van der Waals surface area (Å²) < 4.78 is 14.9. The first kappa shape index (κ1) is 16.0. The van der Waals surface area contributed by atoms with Gasteiger partial charge in [-0.05, 0) is 43.7 Å². The van der Waals surface area contributed by atoms with Crippen molar-refractivity contribution in [1.29, 1.82) is 0 Å². The Kier molecular flexibility index (Phi) is 4.09. The third-order valence-corrected chi connectivity index (χ3v) is 4.94. The van der Waals surface area contributed by atoms with Crippen molar-refractivity contribution in [3.05, 3.63) is 53.6 Å². The molecule has 3 heterocycles. The summed E-state index contributed by atoms with van der Waals surface area (Å²) in [4.78, 5) is 4.71. The van der Waals surface area contributed by atoms with Crippen molar-refractivity contribution in [2.75, 3.05) is 31.1 Å². The van der Waals surface area contributed by atoms with E-state index in [0.29, 0.717) is 0 Å². The fourth-order valence-electron chi connectivity index (χ4n) is 3.35. The average molecular weight is 340 g/mol. The lowest BCUT2D eigenvalue weighted by atomic mass is 10.1. The number of anilines is 1. The smallest absolute Gasteiger partial charge is 0.178 e. The molecule has 0 radical (unpaired) electrons. The van der Waals surface area contributed by atoms with E-state index >= 15 is 0 Å². The fourth-order valence-corrected chi connectivity index (χ4v) is 3.35. The molecular formula is C18H21FN6. The summed E-state index contributed by atoms with van der Waals surface area (Å²) in [5, 5.41) is 12.8. The summed E-state index contributed by atoms with van der Waals surface area (Å²) in [5.41, 5.74) is 1.92. The van der Waals surface area contributed by atoms with Crippen LogP contribution in [-0.2, 0) is 0 Å². The van der Waals surface area contributed by atoms with Gasteiger partial charge in [0.2, 0.25) is 0 Å². The SMILES string of the molecule is Cc1nnc2ccc(N3CCN(C(C)c4ccc(F)cc4)CC3)nn12. The highest BCUT2D eigenvalue weighted by atomic mass is 19.1. The lowest BCUT2D eigenvalue weighted by Gasteiger charge is -2.38. The highest BCUT2D eigenvalue weighted by Gasteiger charge is 2.23. The van der Waals surface area contributed by atoms with E-state index in [1.54, 1.807) is 4.52 Å². The normalized spacial score (nSPS) is 17.2. The van der Waals surface area contributed by atoms with Crippen LogP contribution in [0, 0.1) is 12.7 Å². The summed E-state index contributed by atoms with van der Waals surface area (Å²) in [6.45, 7) is 7.78. The molecule has 0 spiro atoms. The number of hydrogen-bond donors (Lipinski definition) is 0. The van der Waals surface area contributed by atoms with Crippen molar-refractivity contribution in [3.8, 4) is 0 Å². The molecule has 0 aliphatic carbocycles. The fraction of sp³-hybridized carbons (Fsp3) is 0.389. The maximum Gasteiger partial charge on any atom is 0.178 e. The van der Waals surface area contributed by atoms with E-state index in [2.05, 4.69) is 32.0 Å². The van der Waals surface area contributed by atoms with Crippen LogP contribution >= 0.6 is 0 Å². The van der Waals surface area contributed by atoms with Gasteiger partial charge in [0.25, 0.3) is 0 Å². The standard InChI is InChI=1S/C18H21FN6/c1-13(15-3-5-16(19)6-4-15)23-9-11-24(12-10-23)18-8-7-17-21-20-14(2)25(17)22-18/h3-8,13H,9-12H2,1-2H3. The molecule has 0 saturated carbocycles. The Morgan fingerprint density at radius 2 is 1.68 bits per heavy atom. The first-order valence-electron chi connectivity index (χ1n) is 8.55. The van der Waals surface area contributed by atoms with Crippen LogP contribution in [0.1, 0.15) is 24.4 Å². The number of benzene rings is 1. The number of nitrogens with zero attached hydrogens (tertiary/aromatic N) is 6. The third kappa shape index (κ3) is 3.07. The van der Waals surface area contributed by atoms with Crippen LogP contribution < -0.4 is 4.90 Å². The topological polar surface area (TPSA) is 49.6 Å². The first-order valence-corrected chi connectivity index (χ1v) is 8.55. The van der Waals surface area contributed by atoms with Crippen LogP contribution in [0.4, 0.5) is 10.2 Å². The van der Waals surface area contributed by atoms with Crippen molar-refractivity contribution in [2.24, 2.45) is 0 Å². The molecular weight excluding hydrogens is 319 g/mol. The molecule has 25 heavy (non-hydrogen) atoms. The van der Waals surface area contributed by atoms with E-state index in [-0.39, 0.29) is 11.9 Å². The summed E-state index contributed by atoms with van der Waals surface area (Å²) in [6.07, 6.45) is 0. The molecule has 1 aliphatic heterocycles. The number of fused-ring (bicyclic) bond motifs is 1. The first-order chi connectivity index (χ1) is 12.1. The van der Waals surface area contributed by atoms with E-state index in [0.717, 1.165) is 49.0 Å². The van der Waals surface area contributed by atoms with Crippen LogP contribution in [0.5, 0.6) is 0 Å². The Hall–Kier alpha value is -2.54. The minimum Gasteiger partial charge on any atom is -0.353 e. The maximum atomic E-state index is 13.1. The van der Waals surface area contributed by atoms with Gasteiger partial charge in [-0.1, -0.05) is 12.1 Å². The van der Waals surface area contributed by atoms with Gasteiger partial charge in [-0.25, -0.2) is 4.39 Å². The Labute approximate surface area is 145 Å². The van der Waals surface area contributed by atoms with Crippen LogP contribution in [0.25, 0.3) is 5.65 Å². The molecule has 0 N–H and O–H groups in total. The molecule has 1 aromatic carbocycles. The third-order valence-electron chi connectivity index (χ3n) is 4.94. The van der Waals surface area contributed by atoms with E-state index in [1.807, 2.05) is 31.2 Å². The zero-order chi connectivity index (χ0) is 17.4. The largest absolute Gasteiger partial charge is 0.353 e. The second kappa shape index (κ2) is 6.40. The zero-order valence-corrected chi connectivity index (χ0v) is 14.4. The Bertz CT molecular complexity index is 867. The van der Waals surface area contributed by atoms with E-state index < -0.39 is 0 Å². The van der Waals surface area contributed by atoms with Gasteiger partial charge in [0.05, 0.1) is 0 Å². The van der Waals surface area contributed by atoms with Crippen molar-refractivity contribution in [2.45, 2.75) is 19.9 Å². The van der Waals surface area contributed by atoms with Gasteiger partial charge >= 0.3 is 0 Å². The van der Waals surface area contributed by atoms with Gasteiger partial charge in [-0.3, -0.25) is 4.90 Å². The molecule has 1 unspecified atom stereocenters. The van der Waals surface area contributed by atoms with Gasteiger partial charge < -0.3 is 4.90 Å². The van der Waals surface area contributed by atoms with Crippen molar-refractivity contribution in [3.63, 3.8) is 0 Å². The minimum absolute atomic E-state index is 0.188. The van der Waals surface area contributed by atoms with Crippen molar-refractivity contribution >= 4 is 11.5 Å². The van der Waals surface area contributed by atoms with Gasteiger partial charge in [-0.2, -0.15) is 4.52 Å². The number of aromatic nitrogens is 4. The van der Waals surface area contributed by atoms with Crippen LogP contribution in [0.15, 0.2) is 36.4 Å². The lowest BCUT2D eigenvalue weighted by molar-refractivity contribution is 0.198. The monoisotopic (exact) mass is 340 g/mol. The van der Waals surface area contributed by atoms with E-state index in [4.69, 9.17) is 0 Å². The highest BCUT2D eigenvalue weighted by Crippen LogP contribution is 2.23. The van der Waals surface area contributed by atoms with Crippen LogP contribution in [0.3, 0.4) is 0 Å². The lowest BCUT2D eigenvalue weighted by Crippen LogP contribution is -2.47. The minimum atomic E-state index is -0.188. The number of rotatable bonds is 3. The predicted octanol–water partition coefficient (Wildman–Crippen LogP) is 2.46. The molecule has 0 amide bonds. The molecule has 6 nitrogen and oxygen atoms in total. The van der Waals surface area contributed by atoms with E-state index in [9.17, 15) is 4.39 Å². The molecule has 2 aromatic heterocycles. The quantitative estimate of drug-likeness (QED) is 0.733. The van der Waals surface area contributed by atoms with E-state index in [1.165, 1.54) is 12.1 Å². The van der Waals surface area contributed by atoms with Gasteiger partial charge in [0.1, 0.15) is 11.6 Å². The molecule has 130 valence electrons. The summed E-state index contributed by atoms with van der Waals surface area (Å²) in [5.74, 6) is 1.55. The molecule has 3 aromatic rings. The number of hydrogen-bond acceptors (Lipinski definition) is 5. The summed E-state index contributed by atoms with van der Waals surface area (Å²) >= 11 is 0. The average Bonchev–Trinajstić information content (AvgIpc) is 3.02. The van der Waals surface area contributed by atoms with Gasteiger partial charge in [-0.15, -0.1) is 15.3 Å². The summed E-state index contributed by atoms with van der Waals surface area (Å²) in [7, 11) is 0. The number of piperazine rings is 1. The Morgan fingerprint density at radius 1 is 0.960 bits per heavy atom. The van der Waals surface area contributed by atoms with Gasteiger partial charge in [0, 0.05) is 32.2 Å². The van der Waals surface area contributed by atoms with Crippen LogP contribution in [0.2, 0.25) is 0 Å². The summed E-state index contributed by atoms with van der Waals surface area (Å²) in [6, 6.07) is 11.0. The molecule has 0 bridgehead atoms. The van der Waals surface area contributed by atoms with Crippen molar-refractivity contribution in [1.82, 2.24) is 24.7 Å². The number of halogens is 1. The molecule has 7 heteroatoms. The predicted molar refractivity (Wildman–Crippen MR) is 94.1 cm³/mol. The highest BCUT2D eigenvalue weighted by molar-refractivity contribution is 5.46. The van der Waals surface area contributed by atoms with Crippen molar-refractivity contribution < 1.29 is 4.39 Å². The maximum absolute atomic E-state index is 13.1. The second-order valence-corrected chi connectivity index (χ2v) is 6.46. The molecule has 1 atom stereocenters. The van der Waals surface area contributed by atoms with Gasteiger partial charge in [0.15, 0.2) is 11.5 Å². The Morgan fingerprint density at radius 3 is 2.40 bits per heavy atom. The van der Waals surface area contributed by atoms with Crippen LogP contribution in [-0.4, -0.2) is 50.9 Å². The zero-order valence-electron chi connectivity index (χ0n) is 14.4. The molecule has 4 rings (SSSR count). The molecule has 1 aliphatic rings.